The topological polar surface area (TPSA) is 81.4 Å². The second kappa shape index (κ2) is 6.32. The molecule has 0 aromatic carbocycles. The van der Waals surface area contributed by atoms with Crippen LogP contribution < -0.4 is 11.1 Å². The quantitative estimate of drug-likeness (QED) is 0.766. The van der Waals surface area contributed by atoms with Crippen molar-refractivity contribution in [1.82, 2.24) is 5.32 Å². The number of ether oxygens (including phenoxy) is 1. The number of carbonyl (C=O) groups excluding carboxylic acids is 2. The van der Waals surface area contributed by atoms with E-state index in [0.717, 1.165) is 23.8 Å². The lowest BCUT2D eigenvalue weighted by Crippen LogP contribution is -2.60. The van der Waals surface area contributed by atoms with Gasteiger partial charge in [-0.05, 0) is 68.1 Å². The third-order valence-corrected chi connectivity index (χ3v) is 9.36. The first-order valence-electron chi connectivity index (χ1n) is 11.3. The molecule has 0 aromatic heterocycles. The van der Waals surface area contributed by atoms with Crippen LogP contribution in [0.2, 0.25) is 0 Å². The maximum Gasteiger partial charge on any atom is 0.247 e. The highest BCUT2D eigenvalue weighted by Crippen LogP contribution is 2.63. The predicted molar refractivity (Wildman–Crippen MR) is 106 cm³/mol. The number of primary amides is 1. The summed E-state index contributed by atoms with van der Waals surface area (Å²) in [6.07, 6.45) is 11.3. The second-order valence-electron chi connectivity index (χ2n) is 10.6. The Hall–Kier alpha value is -1.36. The van der Waals surface area contributed by atoms with E-state index >= 15 is 0 Å². The smallest absolute Gasteiger partial charge is 0.247 e. The summed E-state index contributed by atoms with van der Waals surface area (Å²) < 4.78 is 5.58. The molecule has 4 fully saturated rings. The molecule has 2 aliphatic heterocycles. The molecule has 3 saturated carbocycles. The summed E-state index contributed by atoms with van der Waals surface area (Å²) in [5.74, 6) is 1.56. The van der Waals surface area contributed by atoms with Crippen molar-refractivity contribution in [2.75, 3.05) is 6.61 Å². The first-order valence-corrected chi connectivity index (χ1v) is 11.3. The summed E-state index contributed by atoms with van der Waals surface area (Å²) in [4.78, 5) is 24.8. The molecule has 5 aliphatic rings. The van der Waals surface area contributed by atoms with Crippen molar-refractivity contribution in [2.45, 2.75) is 77.4 Å². The Balaban J connectivity index is 1.50. The number of nitrogens with two attached hydrogens (primary N) is 1. The van der Waals surface area contributed by atoms with Crippen LogP contribution in [0.1, 0.15) is 65.2 Å². The van der Waals surface area contributed by atoms with Crippen LogP contribution in [0.4, 0.5) is 0 Å². The molecule has 0 aromatic rings. The van der Waals surface area contributed by atoms with E-state index in [1.807, 2.05) is 0 Å². The molecule has 3 aliphatic carbocycles. The van der Waals surface area contributed by atoms with Crippen LogP contribution in [0.15, 0.2) is 11.6 Å². The van der Waals surface area contributed by atoms with Crippen LogP contribution >= 0.6 is 0 Å². The molecule has 28 heavy (non-hydrogen) atoms. The molecule has 5 nitrogen and oxygen atoms in total. The van der Waals surface area contributed by atoms with E-state index < -0.39 is 12.0 Å². The summed E-state index contributed by atoms with van der Waals surface area (Å²) in [5, 5.41) is 3.33. The number of nitrogens with one attached hydrogen (secondary N) is 1. The van der Waals surface area contributed by atoms with Crippen molar-refractivity contribution in [1.29, 1.82) is 0 Å². The summed E-state index contributed by atoms with van der Waals surface area (Å²) >= 11 is 0. The summed E-state index contributed by atoms with van der Waals surface area (Å²) in [6.45, 7) is 5.38. The van der Waals surface area contributed by atoms with Gasteiger partial charge in [0.15, 0.2) is 0 Å². The molecule has 0 radical (unpaired) electrons. The number of carbonyl (C=O) groups is 2. The van der Waals surface area contributed by atoms with Crippen molar-refractivity contribution in [2.24, 2.45) is 40.2 Å². The predicted octanol–water partition coefficient (Wildman–Crippen LogP) is 2.93. The van der Waals surface area contributed by atoms with E-state index in [4.69, 9.17) is 10.5 Å². The van der Waals surface area contributed by atoms with Gasteiger partial charge in [0.2, 0.25) is 11.8 Å². The first-order chi connectivity index (χ1) is 13.3. The fourth-order valence-electron chi connectivity index (χ4n) is 7.93. The van der Waals surface area contributed by atoms with E-state index in [-0.39, 0.29) is 23.3 Å². The van der Waals surface area contributed by atoms with Crippen molar-refractivity contribution in [3.05, 3.63) is 11.6 Å². The Bertz CT molecular complexity index is 733. The molecule has 2 heterocycles. The van der Waals surface area contributed by atoms with Crippen molar-refractivity contribution >= 4 is 11.8 Å². The Labute approximate surface area is 167 Å². The zero-order valence-electron chi connectivity index (χ0n) is 17.2. The van der Waals surface area contributed by atoms with E-state index in [2.05, 4.69) is 25.2 Å². The van der Waals surface area contributed by atoms with Crippen LogP contribution in [0, 0.1) is 34.5 Å². The van der Waals surface area contributed by atoms with E-state index in [1.54, 1.807) is 0 Å². The van der Waals surface area contributed by atoms with E-state index in [9.17, 15) is 9.59 Å². The lowest BCUT2D eigenvalue weighted by Gasteiger charge is -2.58. The summed E-state index contributed by atoms with van der Waals surface area (Å²) in [5.41, 5.74) is 6.82. The van der Waals surface area contributed by atoms with Gasteiger partial charge in [-0.2, -0.15) is 0 Å². The van der Waals surface area contributed by atoms with Gasteiger partial charge < -0.3 is 15.8 Å². The van der Waals surface area contributed by atoms with Gasteiger partial charge in [0.05, 0.1) is 0 Å². The highest BCUT2D eigenvalue weighted by Gasteiger charge is 2.58. The minimum absolute atomic E-state index is 0.0100. The molecular formula is C23H34N2O3. The average Bonchev–Trinajstić information content (AvgIpc) is 3.28. The third-order valence-electron chi connectivity index (χ3n) is 9.36. The normalized spacial score (nSPS) is 50.2. The Morgan fingerprint density at radius 2 is 1.96 bits per heavy atom. The van der Waals surface area contributed by atoms with Crippen molar-refractivity contribution < 1.29 is 14.3 Å². The van der Waals surface area contributed by atoms with Crippen LogP contribution in [-0.4, -0.2) is 30.6 Å². The molecule has 8 atom stereocenters. The van der Waals surface area contributed by atoms with Gasteiger partial charge in [0.25, 0.3) is 0 Å². The van der Waals surface area contributed by atoms with Gasteiger partial charge >= 0.3 is 0 Å². The number of fused-ring (bicyclic) bond motifs is 5. The number of hydrogen-bond acceptors (Lipinski definition) is 3. The molecule has 3 unspecified atom stereocenters. The van der Waals surface area contributed by atoms with Gasteiger partial charge in [0, 0.05) is 29.6 Å². The number of amides is 2. The first kappa shape index (κ1) is 18.7. The zero-order chi connectivity index (χ0) is 19.7. The van der Waals surface area contributed by atoms with Gasteiger partial charge in [-0.25, -0.2) is 0 Å². The lowest BCUT2D eigenvalue weighted by atomic mass is 9.48. The van der Waals surface area contributed by atoms with Gasteiger partial charge in [-0.3, -0.25) is 9.59 Å². The zero-order valence-corrected chi connectivity index (χ0v) is 17.2. The molecular weight excluding hydrogens is 352 g/mol. The highest BCUT2D eigenvalue weighted by atomic mass is 16.5. The standard InChI is InChI=1S/C23H34N2O3/c1-22-9-3-4-16(22)14-5-6-18-23(2,17(14)7-10-22)12-15(21(27)25-18)13-8-11-28-19(13)20(24)26/h12-14,16-19H,3-11H2,1-2H3,(H2,24,26)(H,25,27)/t13?,14-,16-,17+,18?,19?,22-,23+/m0/s1. The molecule has 5 rings (SSSR count). The molecule has 3 N–H and O–H groups in total. The molecule has 1 saturated heterocycles. The van der Waals surface area contributed by atoms with Crippen LogP contribution in [0.25, 0.3) is 0 Å². The molecule has 0 spiro atoms. The lowest BCUT2D eigenvalue weighted by molar-refractivity contribution is -0.129. The van der Waals surface area contributed by atoms with Crippen molar-refractivity contribution in [3.8, 4) is 0 Å². The Kier molecular flexibility index (Phi) is 4.21. The molecule has 5 heteroatoms. The van der Waals surface area contributed by atoms with Gasteiger partial charge in [0.1, 0.15) is 6.10 Å². The van der Waals surface area contributed by atoms with Crippen LogP contribution in [0.5, 0.6) is 0 Å². The minimum Gasteiger partial charge on any atom is -0.368 e. The summed E-state index contributed by atoms with van der Waals surface area (Å²) in [6, 6.07) is 0.213. The van der Waals surface area contributed by atoms with E-state index in [1.165, 1.54) is 38.5 Å². The van der Waals surface area contributed by atoms with Crippen LogP contribution in [0.3, 0.4) is 0 Å². The Morgan fingerprint density at radius 1 is 1.14 bits per heavy atom. The largest absolute Gasteiger partial charge is 0.368 e. The highest BCUT2D eigenvalue weighted by molar-refractivity contribution is 5.97. The fourth-order valence-corrected chi connectivity index (χ4v) is 7.93. The second-order valence-corrected chi connectivity index (χ2v) is 10.6. The summed E-state index contributed by atoms with van der Waals surface area (Å²) in [7, 11) is 0. The van der Waals surface area contributed by atoms with Gasteiger partial charge in [-0.15, -0.1) is 0 Å². The third kappa shape index (κ3) is 2.54. The van der Waals surface area contributed by atoms with Gasteiger partial charge in [-0.1, -0.05) is 26.3 Å². The molecule has 0 bridgehead atoms. The van der Waals surface area contributed by atoms with E-state index in [0.29, 0.717) is 24.4 Å². The monoisotopic (exact) mass is 386 g/mol. The van der Waals surface area contributed by atoms with Crippen LogP contribution in [-0.2, 0) is 14.3 Å². The SMILES string of the molecule is C[C@@]12CCC[C@H]1[C@@H]1CCC3NC(=O)C(C4CCOC4C(N)=O)=C[C@]3(C)[C@@H]1CC2. The minimum atomic E-state index is -0.666. The maximum atomic E-state index is 13.0. The maximum absolute atomic E-state index is 13.0. The molecule has 154 valence electrons. The number of rotatable bonds is 2. The average molecular weight is 387 g/mol. The number of hydrogen-bond donors (Lipinski definition) is 2. The fraction of sp³-hybridized carbons (Fsp3) is 0.826. The van der Waals surface area contributed by atoms with Crippen molar-refractivity contribution in [3.63, 3.8) is 0 Å². The Morgan fingerprint density at radius 3 is 2.75 bits per heavy atom. The molecule has 2 amide bonds.